The first-order valence-electron chi connectivity index (χ1n) is 9.61. The van der Waals surface area contributed by atoms with Gasteiger partial charge in [0.05, 0.1) is 11.9 Å². The number of rotatable bonds is 4. The second kappa shape index (κ2) is 6.85. The molecular formula is C19H23BrF3N5O. The van der Waals surface area contributed by atoms with E-state index in [2.05, 4.69) is 52.2 Å². The summed E-state index contributed by atoms with van der Waals surface area (Å²) >= 11 is 3.33. The fourth-order valence-electron chi connectivity index (χ4n) is 4.94. The van der Waals surface area contributed by atoms with Crippen LogP contribution in [0.5, 0.6) is 0 Å². The Bertz CT molecular complexity index is 983. The van der Waals surface area contributed by atoms with Crippen molar-refractivity contribution in [2.24, 2.45) is 23.2 Å². The summed E-state index contributed by atoms with van der Waals surface area (Å²) in [6.45, 7) is 6.71. The van der Waals surface area contributed by atoms with Crippen molar-refractivity contribution in [3.63, 3.8) is 0 Å². The number of hydrogen-bond acceptors (Lipinski definition) is 4. The summed E-state index contributed by atoms with van der Waals surface area (Å²) in [5, 5.41) is 11.0. The monoisotopic (exact) mass is 473 g/mol. The van der Waals surface area contributed by atoms with Crippen molar-refractivity contribution in [3.05, 3.63) is 39.0 Å². The molecule has 0 saturated heterocycles. The van der Waals surface area contributed by atoms with Gasteiger partial charge in [-0.25, -0.2) is 4.68 Å². The molecule has 0 aromatic carbocycles. The zero-order valence-electron chi connectivity index (χ0n) is 16.4. The molecule has 10 heteroatoms. The molecule has 3 aliphatic carbocycles. The third-order valence-electron chi connectivity index (χ3n) is 6.89. The van der Waals surface area contributed by atoms with Crippen LogP contribution in [-0.2, 0) is 12.8 Å². The lowest BCUT2D eigenvalue weighted by atomic mass is 9.45. The van der Waals surface area contributed by atoms with E-state index >= 15 is 0 Å². The summed E-state index contributed by atoms with van der Waals surface area (Å²) in [4.78, 5) is 12.6. The third-order valence-corrected chi connectivity index (χ3v) is 7.66. The van der Waals surface area contributed by atoms with Crippen LogP contribution in [0.25, 0.3) is 0 Å². The van der Waals surface area contributed by atoms with Crippen LogP contribution >= 0.6 is 15.9 Å². The van der Waals surface area contributed by atoms with E-state index in [4.69, 9.17) is 0 Å². The molecule has 4 atom stereocenters. The summed E-state index contributed by atoms with van der Waals surface area (Å²) in [7, 11) is 0. The van der Waals surface area contributed by atoms with Gasteiger partial charge < -0.3 is 5.32 Å². The Hall–Kier alpha value is -1.84. The summed E-state index contributed by atoms with van der Waals surface area (Å²) in [6.07, 6.45) is 0.501. The van der Waals surface area contributed by atoms with Crippen LogP contribution in [0.15, 0.2) is 27.7 Å². The Morgan fingerprint density at radius 1 is 1.34 bits per heavy atom. The summed E-state index contributed by atoms with van der Waals surface area (Å²) in [5.41, 5.74) is -0.447. The molecule has 29 heavy (non-hydrogen) atoms. The van der Waals surface area contributed by atoms with Crippen molar-refractivity contribution < 1.29 is 13.2 Å². The largest absolute Gasteiger partial charge is 0.435 e. The van der Waals surface area contributed by atoms with Crippen molar-refractivity contribution >= 4 is 21.6 Å². The van der Waals surface area contributed by atoms with Gasteiger partial charge in [0.1, 0.15) is 11.1 Å². The molecule has 0 unspecified atom stereocenters. The van der Waals surface area contributed by atoms with Crippen LogP contribution in [0.3, 0.4) is 0 Å². The smallest absolute Gasteiger partial charge is 0.380 e. The maximum Gasteiger partial charge on any atom is 0.435 e. The van der Waals surface area contributed by atoms with Gasteiger partial charge in [0.2, 0.25) is 0 Å². The van der Waals surface area contributed by atoms with Gasteiger partial charge in [-0.2, -0.15) is 23.4 Å². The molecule has 1 N–H and O–H groups in total. The zero-order chi connectivity index (χ0) is 21.1. The predicted octanol–water partition coefficient (Wildman–Crippen LogP) is 4.21. The summed E-state index contributed by atoms with van der Waals surface area (Å²) < 4.78 is 40.5. The van der Waals surface area contributed by atoms with Gasteiger partial charge in [-0.15, -0.1) is 0 Å². The van der Waals surface area contributed by atoms with Crippen LogP contribution in [0.1, 0.15) is 39.3 Å². The Kier molecular flexibility index (Phi) is 4.83. The SMILES string of the molecule is C[C@H]1[C@H](Nc2cnn(Cn3ccc(C(F)(F)F)n3)c(=O)c2Br)C[C@H]2C[C@@H]1C2(C)C. The zero-order valence-corrected chi connectivity index (χ0v) is 18.0. The molecule has 0 amide bonds. The average Bonchev–Trinajstić information content (AvgIpc) is 3.11. The molecular weight excluding hydrogens is 451 g/mol. The third kappa shape index (κ3) is 3.49. The number of fused-ring (bicyclic) bond motifs is 2. The van der Waals surface area contributed by atoms with E-state index < -0.39 is 17.4 Å². The van der Waals surface area contributed by atoms with Crippen molar-refractivity contribution in [2.75, 3.05) is 5.32 Å². The van der Waals surface area contributed by atoms with Crippen LogP contribution in [0.4, 0.5) is 18.9 Å². The Morgan fingerprint density at radius 2 is 2.07 bits per heavy atom. The van der Waals surface area contributed by atoms with E-state index in [-0.39, 0.29) is 12.7 Å². The number of hydrogen-bond donors (Lipinski definition) is 1. The second-order valence-corrected chi connectivity index (χ2v) is 9.56. The molecule has 3 saturated carbocycles. The minimum atomic E-state index is -4.52. The first-order valence-corrected chi connectivity index (χ1v) is 10.4. The lowest BCUT2D eigenvalue weighted by Crippen LogP contribution is -2.58. The van der Waals surface area contributed by atoms with Crippen LogP contribution < -0.4 is 10.9 Å². The highest BCUT2D eigenvalue weighted by Crippen LogP contribution is 2.61. The summed E-state index contributed by atoms with van der Waals surface area (Å²) in [5.74, 6) is 1.82. The molecule has 2 aromatic heterocycles. The molecule has 3 aliphatic rings. The standard InChI is InChI=1S/C19H23BrF3N5O/c1-10-12-6-11(18(12,2)3)7-13(10)25-14-8-24-28(17(29)16(14)20)9-27-5-4-15(26-27)19(21,22)23/h4-5,8,10-13,25H,6-7,9H2,1-3H3/t10-,11-,12+,13-/m1/s1. The lowest BCUT2D eigenvalue weighted by Gasteiger charge is -2.62. The number of alkyl halides is 3. The van der Waals surface area contributed by atoms with Gasteiger partial charge in [0, 0.05) is 12.2 Å². The van der Waals surface area contributed by atoms with Crippen LogP contribution in [-0.4, -0.2) is 25.6 Å². The fourth-order valence-corrected chi connectivity index (χ4v) is 5.36. The van der Waals surface area contributed by atoms with Gasteiger partial charge in [-0.1, -0.05) is 20.8 Å². The van der Waals surface area contributed by atoms with E-state index in [0.29, 0.717) is 33.3 Å². The maximum atomic E-state index is 12.7. The van der Waals surface area contributed by atoms with E-state index in [1.165, 1.54) is 18.8 Å². The first kappa shape index (κ1) is 20.4. The van der Waals surface area contributed by atoms with Gasteiger partial charge in [0.15, 0.2) is 5.69 Å². The van der Waals surface area contributed by atoms with Gasteiger partial charge >= 0.3 is 6.18 Å². The van der Waals surface area contributed by atoms with Crippen LogP contribution in [0, 0.1) is 23.2 Å². The topological polar surface area (TPSA) is 64.7 Å². The Labute approximate surface area is 174 Å². The normalized spacial score (nSPS) is 28.1. The van der Waals surface area contributed by atoms with Gasteiger partial charge in [0.25, 0.3) is 5.56 Å². The molecule has 0 radical (unpaired) electrons. The molecule has 0 aliphatic heterocycles. The van der Waals surface area contributed by atoms with E-state index in [1.54, 1.807) is 0 Å². The minimum Gasteiger partial charge on any atom is -0.380 e. The molecule has 0 spiro atoms. The molecule has 2 bridgehead atoms. The number of nitrogens with zero attached hydrogens (tertiary/aromatic N) is 4. The quantitative estimate of drug-likeness (QED) is 0.722. The van der Waals surface area contributed by atoms with Crippen molar-refractivity contribution in [3.8, 4) is 0 Å². The predicted molar refractivity (Wildman–Crippen MR) is 105 cm³/mol. The molecule has 2 heterocycles. The van der Waals surface area contributed by atoms with Crippen LogP contribution in [0.2, 0.25) is 0 Å². The second-order valence-electron chi connectivity index (χ2n) is 8.76. The Morgan fingerprint density at radius 3 is 2.66 bits per heavy atom. The highest BCUT2D eigenvalue weighted by molar-refractivity contribution is 9.10. The van der Waals surface area contributed by atoms with Crippen molar-refractivity contribution in [2.45, 2.75) is 52.5 Å². The average molecular weight is 474 g/mol. The van der Waals surface area contributed by atoms with Gasteiger partial charge in [-0.05, 0) is 58.0 Å². The number of anilines is 1. The highest BCUT2D eigenvalue weighted by Gasteiger charge is 2.56. The first-order chi connectivity index (χ1) is 13.5. The molecule has 158 valence electrons. The Balaban J connectivity index is 1.50. The van der Waals surface area contributed by atoms with E-state index in [9.17, 15) is 18.0 Å². The fraction of sp³-hybridized carbons (Fsp3) is 0.632. The number of nitrogens with one attached hydrogen (secondary N) is 1. The molecule has 3 fully saturated rings. The molecule has 5 rings (SSSR count). The van der Waals surface area contributed by atoms with Crippen molar-refractivity contribution in [1.29, 1.82) is 0 Å². The maximum absolute atomic E-state index is 12.7. The van der Waals surface area contributed by atoms with E-state index in [0.717, 1.165) is 21.9 Å². The highest BCUT2D eigenvalue weighted by atomic mass is 79.9. The van der Waals surface area contributed by atoms with Crippen molar-refractivity contribution in [1.82, 2.24) is 19.6 Å². The van der Waals surface area contributed by atoms with E-state index in [1.807, 2.05) is 0 Å². The summed E-state index contributed by atoms with van der Waals surface area (Å²) in [6, 6.07) is 1.13. The number of aromatic nitrogens is 4. The number of halogens is 4. The molecule has 2 aromatic rings. The van der Waals surface area contributed by atoms with Gasteiger partial charge in [-0.3, -0.25) is 9.48 Å². The minimum absolute atomic E-state index is 0.202. The lowest BCUT2D eigenvalue weighted by molar-refractivity contribution is -0.141. The molecule has 6 nitrogen and oxygen atoms in total.